The van der Waals surface area contributed by atoms with Gasteiger partial charge in [0.05, 0.1) is 7.11 Å². The van der Waals surface area contributed by atoms with E-state index in [1.54, 1.807) is 20.8 Å². The van der Waals surface area contributed by atoms with Gasteiger partial charge in [-0.3, -0.25) is 9.63 Å². The molecule has 0 aromatic carbocycles. The standard InChI is InChI=1S/C15H24N2O4/c1-10-6-7-11(8-10)9-12-13(18)17(20-5)16(12)14(19)21-15(2,3)4/h7,10,12H,6,8-9H2,1-5H3/t10-,12+/m1/s1. The van der Waals surface area contributed by atoms with E-state index < -0.39 is 17.7 Å². The average molecular weight is 296 g/mol. The van der Waals surface area contributed by atoms with Crippen molar-refractivity contribution in [2.75, 3.05) is 7.11 Å². The van der Waals surface area contributed by atoms with E-state index in [0.29, 0.717) is 12.3 Å². The summed E-state index contributed by atoms with van der Waals surface area (Å²) >= 11 is 0. The van der Waals surface area contributed by atoms with Crippen LogP contribution in [0.3, 0.4) is 0 Å². The molecule has 0 aromatic heterocycles. The first kappa shape index (κ1) is 15.8. The summed E-state index contributed by atoms with van der Waals surface area (Å²) in [4.78, 5) is 29.2. The monoisotopic (exact) mass is 296 g/mol. The van der Waals surface area contributed by atoms with E-state index in [1.807, 2.05) is 0 Å². The molecule has 1 fully saturated rings. The van der Waals surface area contributed by atoms with Crippen LogP contribution in [0.1, 0.15) is 47.0 Å². The first-order chi connectivity index (χ1) is 9.73. The molecular weight excluding hydrogens is 272 g/mol. The zero-order valence-electron chi connectivity index (χ0n) is 13.4. The van der Waals surface area contributed by atoms with Crippen LogP contribution >= 0.6 is 0 Å². The normalized spacial score (nSPS) is 25.8. The van der Waals surface area contributed by atoms with Crippen molar-refractivity contribution in [3.8, 4) is 0 Å². The Labute approximate surface area is 125 Å². The highest BCUT2D eigenvalue weighted by molar-refractivity contribution is 5.92. The minimum absolute atomic E-state index is 0.205. The van der Waals surface area contributed by atoms with Crippen molar-refractivity contribution >= 4 is 12.0 Å². The maximum absolute atomic E-state index is 12.2. The molecule has 0 radical (unpaired) electrons. The second-order valence-corrected chi connectivity index (χ2v) is 6.75. The Bertz CT molecular complexity index is 467. The zero-order chi connectivity index (χ0) is 15.8. The Morgan fingerprint density at radius 1 is 1.43 bits per heavy atom. The topological polar surface area (TPSA) is 59.1 Å². The fourth-order valence-electron chi connectivity index (χ4n) is 2.67. The van der Waals surface area contributed by atoms with Gasteiger partial charge >= 0.3 is 6.09 Å². The molecule has 0 N–H and O–H groups in total. The summed E-state index contributed by atoms with van der Waals surface area (Å²) in [6.07, 6.45) is 4.19. The molecule has 1 saturated heterocycles. The van der Waals surface area contributed by atoms with E-state index in [0.717, 1.165) is 18.0 Å². The van der Waals surface area contributed by atoms with Crippen molar-refractivity contribution < 1.29 is 19.2 Å². The molecule has 0 saturated carbocycles. The van der Waals surface area contributed by atoms with Crippen LogP contribution < -0.4 is 0 Å². The van der Waals surface area contributed by atoms with Gasteiger partial charge in [0.25, 0.3) is 5.91 Å². The van der Waals surface area contributed by atoms with Gasteiger partial charge in [0.2, 0.25) is 0 Å². The summed E-state index contributed by atoms with van der Waals surface area (Å²) in [6.45, 7) is 7.55. The number of amides is 2. The van der Waals surface area contributed by atoms with Gasteiger partial charge in [0.15, 0.2) is 0 Å². The van der Waals surface area contributed by atoms with Gasteiger partial charge < -0.3 is 4.74 Å². The molecule has 2 atom stereocenters. The maximum atomic E-state index is 12.2. The van der Waals surface area contributed by atoms with E-state index in [4.69, 9.17) is 9.57 Å². The van der Waals surface area contributed by atoms with Crippen LogP contribution in [-0.4, -0.2) is 40.9 Å². The summed E-state index contributed by atoms with van der Waals surface area (Å²) in [5.74, 6) is 0.410. The fraction of sp³-hybridized carbons (Fsp3) is 0.733. The van der Waals surface area contributed by atoms with Gasteiger partial charge in [-0.15, -0.1) is 5.17 Å². The molecular formula is C15H24N2O4. The quantitative estimate of drug-likeness (QED) is 0.751. The molecule has 0 bridgehead atoms. The molecule has 6 nitrogen and oxygen atoms in total. The van der Waals surface area contributed by atoms with Crippen molar-refractivity contribution in [3.63, 3.8) is 0 Å². The Hall–Kier alpha value is -1.56. The van der Waals surface area contributed by atoms with Crippen LogP contribution in [0.15, 0.2) is 11.6 Å². The number of carbonyl (C=O) groups excluding carboxylic acids is 2. The summed E-state index contributed by atoms with van der Waals surface area (Å²) in [5.41, 5.74) is 0.617. The summed E-state index contributed by atoms with van der Waals surface area (Å²) in [5, 5.41) is 2.23. The highest BCUT2D eigenvalue weighted by Gasteiger charge is 2.51. The summed E-state index contributed by atoms with van der Waals surface area (Å²) in [6, 6.07) is -0.517. The highest BCUT2D eigenvalue weighted by Crippen LogP contribution is 2.33. The average Bonchev–Trinajstić information content (AvgIpc) is 2.76. The Balaban J connectivity index is 2.05. The third-order valence-electron chi connectivity index (χ3n) is 3.59. The number of hydrazine groups is 1. The Morgan fingerprint density at radius 3 is 2.57 bits per heavy atom. The van der Waals surface area contributed by atoms with Crippen LogP contribution in [0.25, 0.3) is 0 Å². The number of carbonyl (C=O) groups is 2. The molecule has 1 aliphatic heterocycles. The van der Waals surface area contributed by atoms with E-state index in [9.17, 15) is 9.59 Å². The Morgan fingerprint density at radius 2 is 2.10 bits per heavy atom. The lowest BCUT2D eigenvalue weighted by atomic mass is 10.00. The zero-order valence-corrected chi connectivity index (χ0v) is 13.4. The lowest BCUT2D eigenvalue weighted by Crippen LogP contribution is -2.70. The van der Waals surface area contributed by atoms with E-state index >= 15 is 0 Å². The van der Waals surface area contributed by atoms with Gasteiger partial charge in [-0.05, 0) is 39.5 Å². The molecule has 0 unspecified atom stereocenters. The first-order valence-electron chi connectivity index (χ1n) is 7.31. The van der Waals surface area contributed by atoms with Crippen molar-refractivity contribution in [1.29, 1.82) is 0 Å². The number of ether oxygens (including phenoxy) is 1. The van der Waals surface area contributed by atoms with Gasteiger partial charge in [0.1, 0.15) is 11.6 Å². The molecule has 21 heavy (non-hydrogen) atoms. The van der Waals surface area contributed by atoms with Crippen molar-refractivity contribution in [2.24, 2.45) is 5.92 Å². The molecule has 2 aliphatic rings. The van der Waals surface area contributed by atoms with E-state index in [1.165, 1.54) is 17.7 Å². The lowest BCUT2D eigenvalue weighted by molar-refractivity contribution is -0.297. The summed E-state index contributed by atoms with van der Waals surface area (Å²) < 4.78 is 5.33. The predicted octanol–water partition coefficient (Wildman–Crippen LogP) is 2.66. The summed E-state index contributed by atoms with van der Waals surface area (Å²) in [7, 11) is 1.36. The molecule has 2 rings (SSSR count). The molecule has 0 spiro atoms. The lowest BCUT2D eigenvalue weighted by Gasteiger charge is -2.46. The molecule has 1 heterocycles. The second-order valence-electron chi connectivity index (χ2n) is 6.75. The number of hydrogen-bond acceptors (Lipinski definition) is 4. The maximum Gasteiger partial charge on any atom is 0.432 e. The molecule has 0 aromatic rings. The second kappa shape index (κ2) is 5.67. The van der Waals surface area contributed by atoms with Crippen molar-refractivity contribution in [1.82, 2.24) is 10.2 Å². The van der Waals surface area contributed by atoms with Crippen LogP contribution in [0.2, 0.25) is 0 Å². The van der Waals surface area contributed by atoms with Gasteiger partial charge in [-0.1, -0.05) is 18.6 Å². The SMILES string of the molecule is CON1C(=O)[C@H](CC2=CC[C@@H](C)C2)N1C(=O)OC(C)(C)C. The number of hydroxylamine groups is 1. The largest absolute Gasteiger partial charge is 0.442 e. The molecule has 1 aliphatic carbocycles. The van der Waals surface area contributed by atoms with Crippen LogP contribution in [-0.2, 0) is 14.4 Å². The highest BCUT2D eigenvalue weighted by atomic mass is 16.7. The molecule has 6 heteroatoms. The van der Waals surface area contributed by atoms with Crippen molar-refractivity contribution in [3.05, 3.63) is 11.6 Å². The number of rotatable bonds is 3. The van der Waals surface area contributed by atoms with Gasteiger partial charge in [-0.2, -0.15) is 5.01 Å². The number of hydrogen-bond donors (Lipinski definition) is 0. The third-order valence-corrected chi connectivity index (χ3v) is 3.59. The number of nitrogens with zero attached hydrogens (tertiary/aromatic N) is 2. The van der Waals surface area contributed by atoms with Gasteiger partial charge in [-0.25, -0.2) is 4.79 Å². The molecule has 118 valence electrons. The Kier molecular flexibility index (Phi) is 4.27. The minimum atomic E-state index is -0.610. The van der Waals surface area contributed by atoms with E-state index in [-0.39, 0.29) is 5.91 Å². The van der Waals surface area contributed by atoms with Gasteiger partial charge in [0, 0.05) is 6.42 Å². The van der Waals surface area contributed by atoms with Crippen LogP contribution in [0, 0.1) is 5.92 Å². The fourth-order valence-corrected chi connectivity index (χ4v) is 2.67. The van der Waals surface area contributed by atoms with Crippen LogP contribution in [0.4, 0.5) is 4.79 Å². The smallest absolute Gasteiger partial charge is 0.432 e. The van der Waals surface area contributed by atoms with Crippen molar-refractivity contribution in [2.45, 2.75) is 58.6 Å². The predicted molar refractivity (Wildman–Crippen MR) is 76.8 cm³/mol. The van der Waals surface area contributed by atoms with Crippen LogP contribution in [0.5, 0.6) is 0 Å². The van der Waals surface area contributed by atoms with E-state index in [2.05, 4.69) is 13.0 Å². The first-order valence-corrected chi connectivity index (χ1v) is 7.31. The third kappa shape index (κ3) is 3.37. The number of allylic oxidation sites excluding steroid dienone is 1. The minimum Gasteiger partial charge on any atom is -0.442 e. The molecule has 2 amide bonds.